The summed E-state index contributed by atoms with van der Waals surface area (Å²) in [6.07, 6.45) is 5.33. The van der Waals surface area contributed by atoms with Gasteiger partial charge in [0.2, 0.25) is 5.91 Å². The minimum absolute atomic E-state index is 0.00242. The molecule has 1 amide bonds. The normalized spacial score (nSPS) is 12.5. The molecule has 1 heterocycles. The van der Waals surface area contributed by atoms with Crippen LogP contribution in [0.25, 0.3) is 0 Å². The number of aromatic nitrogens is 2. The van der Waals surface area contributed by atoms with Gasteiger partial charge in [-0.15, -0.1) is 0 Å². The van der Waals surface area contributed by atoms with E-state index in [-0.39, 0.29) is 11.9 Å². The van der Waals surface area contributed by atoms with Crippen LogP contribution in [-0.4, -0.2) is 21.5 Å². The van der Waals surface area contributed by atoms with Crippen LogP contribution >= 0.6 is 0 Å². The fraction of sp³-hybridized carbons (Fsp3) is 0.500. The van der Waals surface area contributed by atoms with Crippen LogP contribution in [0.2, 0.25) is 0 Å². The van der Waals surface area contributed by atoms with Gasteiger partial charge in [0, 0.05) is 31.9 Å². The third kappa shape index (κ3) is 2.74. The van der Waals surface area contributed by atoms with Crippen molar-refractivity contribution in [3.8, 4) is 0 Å². The summed E-state index contributed by atoms with van der Waals surface area (Å²) >= 11 is 0. The van der Waals surface area contributed by atoms with Crippen molar-refractivity contribution in [1.82, 2.24) is 14.9 Å². The van der Waals surface area contributed by atoms with E-state index < -0.39 is 0 Å². The molecular weight excluding hydrogens is 154 g/mol. The van der Waals surface area contributed by atoms with Gasteiger partial charge in [-0.1, -0.05) is 0 Å². The number of rotatable bonds is 3. The summed E-state index contributed by atoms with van der Waals surface area (Å²) in [6.45, 7) is 4.24. The second-order valence-electron chi connectivity index (χ2n) is 2.86. The highest BCUT2D eigenvalue weighted by Gasteiger charge is 2.02. The molecule has 0 aliphatic carbocycles. The van der Waals surface area contributed by atoms with E-state index in [9.17, 15) is 4.79 Å². The Kier molecular flexibility index (Phi) is 2.85. The molecule has 0 saturated carbocycles. The van der Waals surface area contributed by atoms with E-state index in [4.69, 9.17) is 0 Å². The lowest BCUT2D eigenvalue weighted by molar-refractivity contribution is -0.119. The molecule has 66 valence electrons. The van der Waals surface area contributed by atoms with Gasteiger partial charge in [0.15, 0.2) is 0 Å². The smallest absolute Gasteiger partial charge is 0.217 e. The molecule has 1 aromatic rings. The highest BCUT2D eigenvalue weighted by Crippen LogP contribution is 1.90. The number of imidazole rings is 1. The summed E-state index contributed by atoms with van der Waals surface area (Å²) in [5.74, 6) is 0.00242. The number of nitrogens with one attached hydrogen (secondary N) is 1. The zero-order valence-electron chi connectivity index (χ0n) is 7.32. The molecule has 0 fully saturated rings. The summed E-state index contributed by atoms with van der Waals surface area (Å²) < 4.78 is 1.93. The third-order valence-electron chi connectivity index (χ3n) is 1.49. The minimum Gasteiger partial charge on any atom is -0.352 e. The van der Waals surface area contributed by atoms with E-state index in [0.29, 0.717) is 0 Å². The highest BCUT2D eigenvalue weighted by atomic mass is 16.1. The second-order valence-corrected chi connectivity index (χ2v) is 2.86. The SMILES string of the molecule is CC(=O)NC(C)Cn1ccnc1. The topological polar surface area (TPSA) is 46.9 Å². The molecule has 12 heavy (non-hydrogen) atoms. The van der Waals surface area contributed by atoms with Crippen molar-refractivity contribution in [2.24, 2.45) is 0 Å². The summed E-state index contributed by atoms with van der Waals surface area (Å²) in [6, 6.07) is 0.150. The largest absolute Gasteiger partial charge is 0.352 e. The lowest BCUT2D eigenvalue weighted by Crippen LogP contribution is -2.33. The fourth-order valence-corrected chi connectivity index (χ4v) is 1.10. The van der Waals surface area contributed by atoms with Crippen LogP contribution < -0.4 is 5.32 Å². The molecular formula is C8H13N3O. The summed E-state index contributed by atoms with van der Waals surface area (Å²) in [7, 11) is 0. The van der Waals surface area contributed by atoms with Crippen LogP contribution in [0.3, 0.4) is 0 Å². The van der Waals surface area contributed by atoms with E-state index in [1.54, 1.807) is 12.5 Å². The van der Waals surface area contributed by atoms with Crippen LogP contribution in [0.4, 0.5) is 0 Å². The van der Waals surface area contributed by atoms with Crippen LogP contribution in [-0.2, 0) is 11.3 Å². The fourth-order valence-electron chi connectivity index (χ4n) is 1.10. The van der Waals surface area contributed by atoms with Gasteiger partial charge in [-0.25, -0.2) is 4.98 Å². The van der Waals surface area contributed by atoms with Gasteiger partial charge in [0.1, 0.15) is 0 Å². The Morgan fingerprint density at radius 3 is 3.00 bits per heavy atom. The Morgan fingerprint density at radius 2 is 2.50 bits per heavy atom. The maximum Gasteiger partial charge on any atom is 0.217 e. The maximum atomic E-state index is 10.6. The third-order valence-corrected chi connectivity index (χ3v) is 1.49. The molecule has 0 aromatic carbocycles. The van der Waals surface area contributed by atoms with E-state index in [1.807, 2.05) is 17.7 Å². The first-order chi connectivity index (χ1) is 5.68. The summed E-state index contributed by atoms with van der Waals surface area (Å²) in [4.78, 5) is 14.6. The van der Waals surface area contributed by atoms with Gasteiger partial charge >= 0.3 is 0 Å². The zero-order valence-corrected chi connectivity index (χ0v) is 7.32. The number of hydrogen-bond donors (Lipinski definition) is 1. The standard InChI is InChI=1S/C8H13N3O/c1-7(10-8(2)12)5-11-4-3-9-6-11/h3-4,6-7H,5H2,1-2H3,(H,10,12). The average molecular weight is 167 g/mol. The molecule has 4 heteroatoms. The first-order valence-corrected chi connectivity index (χ1v) is 3.91. The van der Waals surface area contributed by atoms with Crippen molar-refractivity contribution in [3.63, 3.8) is 0 Å². The van der Waals surface area contributed by atoms with E-state index in [0.717, 1.165) is 6.54 Å². The lowest BCUT2D eigenvalue weighted by Gasteiger charge is -2.12. The summed E-state index contributed by atoms with van der Waals surface area (Å²) in [5, 5.41) is 2.79. The average Bonchev–Trinajstić information content (AvgIpc) is 2.37. The number of amides is 1. The molecule has 0 bridgehead atoms. The van der Waals surface area contributed by atoms with Crippen molar-refractivity contribution in [2.75, 3.05) is 0 Å². The van der Waals surface area contributed by atoms with Crippen LogP contribution in [0.1, 0.15) is 13.8 Å². The van der Waals surface area contributed by atoms with Gasteiger partial charge in [-0.3, -0.25) is 4.79 Å². The Labute approximate surface area is 71.6 Å². The molecule has 1 unspecified atom stereocenters. The van der Waals surface area contributed by atoms with Crippen molar-refractivity contribution >= 4 is 5.91 Å². The second kappa shape index (κ2) is 3.90. The Morgan fingerprint density at radius 1 is 1.75 bits per heavy atom. The number of carbonyl (C=O) groups is 1. The van der Waals surface area contributed by atoms with Crippen molar-refractivity contribution < 1.29 is 4.79 Å². The summed E-state index contributed by atoms with van der Waals surface area (Å²) in [5.41, 5.74) is 0. The van der Waals surface area contributed by atoms with Gasteiger partial charge in [0.25, 0.3) is 0 Å². The molecule has 0 aliphatic rings. The molecule has 1 aromatic heterocycles. The molecule has 0 aliphatic heterocycles. The quantitative estimate of drug-likeness (QED) is 0.708. The predicted octanol–water partition coefficient (Wildman–Crippen LogP) is 0.408. The first-order valence-electron chi connectivity index (χ1n) is 3.91. The van der Waals surface area contributed by atoms with Gasteiger partial charge in [0.05, 0.1) is 6.33 Å². The maximum absolute atomic E-state index is 10.6. The van der Waals surface area contributed by atoms with Crippen LogP contribution in [0, 0.1) is 0 Å². The van der Waals surface area contributed by atoms with E-state index in [2.05, 4.69) is 10.3 Å². The van der Waals surface area contributed by atoms with E-state index >= 15 is 0 Å². The van der Waals surface area contributed by atoms with Crippen LogP contribution in [0.5, 0.6) is 0 Å². The van der Waals surface area contributed by atoms with Crippen molar-refractivity contribution in [3.05, 3.63) is 18.7 Å². The van der Waals surface area contributed by atoms with Crippen molar-refractivity contribution in [2.45, 2.75) is 26.4 Å². The van der Waals surface area contributed by atoms with Gasteiger partial charge < -0.3 is 9.88 Å². The lowest BCUT2D eigenvalue weighted by atomic mass is 10.3. The van der Waals surface area contributed by atoms with E-state index in [1.165, 1.54) is 6.92 Å². The molecule has 0 saturated heterocycles. The Hall–Kier alpha value is -1.32. The zero-order chi connectivity index (χ0) is 8.97. The Balaban J connectivity index is 2.36. The highest BCUT2D eigenvalue weighted by molar-refractivity contribution is 5.73. The first kappa shape index (κ1) is 8.77. The van der Waals surface area contributed by atoms with Crippen LogP contribution in [0.15, 0.2) is 18.7 Å². The van der Waals surface area contributed by atoms with Gasteiger partial charge in [-0.05, 0) is 6.92 Å². The molecule has 0 radical (unpaired) electrons. The molecule has 0 spiro atoms. The molecule has 1 rings (SSSR count). The Bertz CT molecular complexity index is 243. The minimum atomic E-state index is 0.00242. The molecule has 1 atom stereocenters. The van der Waals surface area contributed by atoms with Crippen molar-refractivity contribution in [1.29, 1.82) is 0 Å². The monoisotopic (exact) mass is 167 g/mol. The molecule has 1 N–H and O–H groups in total. The number of nitrogens with zero attached hydrogens (tertiary/aromatic N) is 2. The molecule has 4 nitrogen and oxygen atoms in total. The van der Waals surface area contributed by atoms with Gasteiger partial charge in [-0.2, -0.15) is 0 Å². The number of carbonyl (C=O) groups excluding carboxylic acids is 1. The predicted molar refractivity (Wildman–Crippen MR) is 45.5 cm³/mol. The number of hydrogen-bond acceptors (Lipinski definition) is 2.